The Labute approximate surface area is 156 Å². The Morgan fingerprint density at radius 2 is 1.88 bits per heavy atom. The Kier molecular flexibility index (Phi) is 5.30. The van der Waals surface area contributed by atoms with E-state index in [0.717, 1.165) is 33.1 Å². The predicted octanol–water partition coefficient (Wildman–Crippen LogP) is 3.90. The maximum atomic E-state index is 8.95. The van der Waals surface area contributed by atoms with Crippen LogP contribution in [0, 0.1) is 11.3 Å². The molecule has 0 aliphatic carbocycles. The van der Waals surface area contributed by atoms with E-state index in [0.29, 0.717) is 5.56 Å². The number of nitrogens with zero attached hydrogens (tertiary/aromatic N) is 4. The zero-order valence-corrected chi connectivity index (χ0v) is 15.6. The van der Waals surface area contributed by atoms with Crippen molar-refractivity contribution in [2.24, 2.45) is 10.1 Å². The lowest BCUT2D eigenvalue weighted by atomic mass is 10.1. The molecule has 2 aromatic carbocycles. The van der Waals surface area contributed by atoms with Gasteiger partial charge in [-0.3, -0.25) is 4.99 Å². The third-order valence-corrected chi connectivity index (χ3v) is 4.85. The monoisotopic (exact) mass is 362 g/mol. The molecule has 0 radical (unpaired) electrons. The Hall–Kier alpha value is -3.17. The van der Waals surface area contributed by atoms with Gasteiger partial charge in [-0.15, -0.1) is 11.3 Å². The summed E-state index contributed by atoms with van der Waals surface area (Å²) < 4.78 is 7.32. The van der Waals surface area contributed by atoms with Crippen LogP contribution in [0.15, 0.2) is 64.0 Å². The SMILES string of the molecule is CN=c1scc(-c2ccccc2OC)n1N=C(C)c1ccc(C#N)cc1. The first-order chi connectivity index (χ1) is 12.7. The largest absolute Gasteiger partial charge is 0.496 e. The highest BCUT2D eigenvalue weighted by molar-refractivity contribution is 7.07. The second-order valence-corrected chi connectivity index (χ2v) is 6.35. The van der Waals surface area contributed by atoms with E-state index >= 15 is 0 Å². The zero-order valence-electron chi connectivity index (χ0n) is 14.8. The van der Waals surface area contributed by atoms with Gasteiger partial charge >= 0.3 is 0 Å². The molecule has 26 heavy (non-hydrogen) atoms. The van der Waals surface area contributed by atoms with Gasteiger partial charge in [0.25, 0.3) is 0 Å². The van der Waals surface area contributed by atoms with Crippen molar-refractivity contribution in [2.45, 2.75) is 6.92 Å². The van der Waals surface area contributed by atoms with Gasteiger partial charge in [0.15, 0.2) is 0 Å². The molecule has 0 unspecified atom stereocenters. The van der Waals surface area contributed by atoms with E-state index in [1.165, 1.54) is 11.3 Å². The standard InChI is InChI=1S/C20H18N4OS/c1-14(16-10-8-15(12-21)9-11-16)23-24-18(13-26-20(24)22-2)17-6-4-5-7-19(17)25-3/h4-11,13H,1-3H3. The summed E-state index contributed by atoms with van der Waals surface area (Å²) in [4.78, 5) is 5.13. The normalized spacial score (nSPS) is 12.1. The number of benzene rings is 2. The minimum absolute atomic E-state index is 0.628. The lowest BCUT2D eigenvalue weighted by Crippen LogP contribution is -2.14. The molecule has 0 saturated carbocycles. The number of ether oxygens (including phenoxy) is 1. The van der Waals surface area contributed by atoms with Gasteiger partial charge < -0.3 is 4.74 Å². The molecule has 0 atom stereocenters. The summed E-state index contributed by atoms with van der Waals surface area (Å²) in [6.07, 6.45) is 0. The highest BCUT2D eigenvalue weighted by Gasteiger charge is 2.12. The molecule has 0 amide bonds. The van der Waals surface area contributed by atoms with E-state index in [1.807, 2.05) is 53.4 Å². The van der Waals surface area contributed by atoms with Crippen LogP contribution in [0.3, 0.4) is 0 Å². The van der Waals surface area contributed by atoms with Gasteiger partial charge in [0.05, 0.1) is 30.1 Å². The summed E-state index contributed by atoms with van der Waals surface area (Å²) in [7, 11) is 3.41. The number of nitriles is 1. The minimum atomic E-state index is 0.628. The van der Waals surface area contributed by atoms with Gasteiger partial charge in [0.2, 0.25) is 4.80 Å². The van der Waals surface area contributed by atoms with E-state index in [1.54, 1.807) is 26.3 Å². The van der Waals surface area contributed by atoms with Crippen LogP contribution in [0.1, 0.15) is 18.1 Å². The Morgan fingerprint density at radius 1 is 1.15 bits per heavy atom. The van der Waals surface area contributed by atoms with Crippen molar-refractivity contribution in [3.05, 3.63) is 69.8 Å². The van der Waals surface area contributed by atoms with Gasteiger partial charge in [-0.2, -0.15) is 10.4 Å². The van der Waals surface area contributed by atoms with E-state index in [-0.39, 0.29) is 0 Å². The highest BCUT2D eigenvalue weighted by atomic mass is 32.1. The topological polar surface area (TPSA) is 62.7 Å². The number of para-hydroxylation sites is 1. The molecule has 0 saturated heterocycles. The highest BCUT2D eigenvalue weighted by Crippen LogP contribution is 2.30. The third kappa shape index (κ3) is 3.44. The van der Waals surface area contributed by atoms with Crippen LogP contribution in [0.2, 0.25) is 0 Å². The first-order valence-electron chi connectivity index (χ1n) is 8.00. The van der Waals surface area contributed by atoms with Gasteiger partial charge in [-0.1, -0.05) is 24.3 Å². The van der Waals surface area contributed by atoms with Crippen molar-refractivity contribution in [1.29, 1.82) is 5.26 Å². The number of aromatic nitrogens is 1. The fourth-order valence-electron chi connectivity index (χ4n) is 2.58. The Bertz CT molecular complexity index is 1050. The van der Waals surface area contributed by atoms with Crippen LogP contribution in [-0.4, -0.2) is 24.5 Å². The molecule has 0 aliphatic rings. The molecule has 0 N–H and O–H groups in total. The van der Waals surface area contributed by atoms with Gasteiger partial charge in [-0.25, -0.2) is 4.68 Å². The average molecular weight is 362 g/mol. The van der Waals surface area contributed by atoms with Crippen molar-refractivity contribution in [3.63, 3.8) is 0 Å². The first kappa shape index (κ1) is 17.6. The molecule has 0 bridgehead atoms. The summed E-state index contributed by atoms with van der Waals surface area (Å²) in [6, 6.07) is 17.3. The fourth-order valence-corrected chi connectivity index (χ4v) is 3.37. The molecular weight excluding hydrogens is 344 g/mol. The molecule has 0 aliphatic heterocycles. The molecule has 0 spiro atoms. The number of thiazole rings is 1. The minimum Gasteiger partial charge on any atom is -0.496 e. The average Bonchev–Trinajstić information content (AvgIpc) is 3.10. The maximum Gasteiger partial charge on any atom is 0.205 e. The quantitative estimate of drug-likeness (QED) is 0.661. The van der Waals surface area contributed by atoms with Crippen LogP contribution in [0.5, 0.6) is 5.75 Å². The van der Waals surface area contributed by atoms with E-state index < -0.39 is 0 Å². The molecule has 1 heterocycles. The lowest BCUT2D eigenvalue weighted by molar-refractivity contribution is 0.416. The summed E-state index contributed by atoms with van der Waals surface area (Å²) in [5, 5.41) is 15.7. The van der Waals surface area contributed by atoms with Crippen LogP contribution < -0.4 is 9.54 Å². The number of hydrogen-bond acceptors (Lipinski definition) is 5. The van der Waals surface area contributed by atoms with Crippen LogP contribution in [-0.2, 0) is 0 Å². The van der Waals surface area contributed by atoms with Crippen molar-refractivity contribution < 1.29 is 4.74 Å². The van der Waals surface area contributed by atoms with Gasteiger partial charge in [0.1, 0.15) is 5.75 Å². The van der Waals surface area contributed by atoms with Crippen molar-refractivity contribution in [3.8, 4) is 23.1 Å². The Morgan fingerprint density at radius 3 is 2.54 bits per heavy atom. The molecular formula is C20H18N4OS. The Balaban J connectivity index is 2.12. The molecule has 1 aromatic heterocycles. The lowest BCUT2D eigenvalue weighted by Gasteiger charge is -2.09. The van der Waals surface area contributed by atoms with Crippen molar-refractivity contribution >= 4 is 17.0 Å². The van der Waals surface area contributed by atoms with Crippen LogP contribution in [0.25, 0.3) is 11.3 Å². The number of hydrogen-bond donors (Lipinski definition) is 0. The molecule has 5 nitrogen and oxygen atoms in total. The third-order valence-electron chi connectivity index (χ3n) is 3.94. The fraction of sp³-hybridized carbons (Fsp3) is 0.150. The second kappa shape index (κ2) is 7.81. The smallest absolute Gasteiger partial charge is 0.205 e. The second-order valence-electron chi connectivity index (χ2n) is 5.51. The molecule has 3 aromatic rings. The summed E-state index contributed by atoms with van der Waals surface area (Å²) in [5.74, 6) is 0.785. The van der Waals surface area contributed by atoms with E-state index in [9.17, 15) is 0 Å². The number of rotatable bonds is 4. The summed E-state index contributed by atoms with van der Waals surface area (Å²) in [5.41, 5.74) is 4.29. The predicted molar refractivity (Wildman–Crippen MR) is 105 cm³/mol. The van der Waals surface area contributed by atoms with Crippen molar-refractivity contribution in [1.82, 2.24) is 4.68 Å². The van der Waals surface area contributed by atoms with Crippen LogP contribution >= 0.6 is 11.3 Å². The van der Waals surface area contributed by atoms with E-state index in [2.05, 4.69) is 11.1 Å². The van der Waals surface area contributed by atoms with Gasteiger partial charge in [0, 0.05) is 18.0 Å². The first-order valence-corrected chi connectivity index (χ1v) is 8.88. The van der Waals surface area contributed by atoms with Crippen LogP contribution in [0.4, 0.5) is 0 Å². The zero-order chi connectivity index (χ0) is 18.5. The summed E-state index contributed by atoms with van der Waals surface area (Å²) >= 11 is 1.52. The van der Waals surface area contributed by atoms with Crippen molar-refractivity contribution in [2.75, 3.05) is 14.2 Å². The van der Waals surface area contributed by atoms with Gasteiger partial charge in [-0.05, 0) is 36.8 Å². The molecule has 6 heteroatoms. The van der Waals surface area contributed by atoms with E-state index in [4.69, 9.17) is 15.1 Å². The molecule has 3 rings (SSSR count). The summed E-state index contributed by atoms with van der Waals surface area (Å²) in [6.45, 7) is 1.94. The molecule has 0 fully saturated rings. The maximum absolute atomic E-state index is 8.95. The number of methoxy groups -OCH3 is 1. The molecule has 130 valence electrons.